The van der Waals surface area contributed by atoms with E-state index in [4.69, 9.17) is 4.52 Å². The number of rotatable bonds is 5. The SMILES string of the molecule is C=CCO[P+](=O)CC=C.[H-].[Na+]. The average molecular weight is 169 g/mol. The standard InChI is InChI=1S/C6H10O2P.Na.H/c1-3-5-8-9(7)6-4-2;;/h3-4H,1-2,5-6H2;;/q2*+1;-1. The zero-order valence-electron chi connectivity index (χ0n) is 7.25. The molecule has 0 N–H and O–H groups in total. The van der Waals surface area contributed by atoms with Crippen molar-refractivity contribution in [2.45, 2.75) is 0 Å². The van der Waals surface area contributed by atoms with Crippen LogP contribution in [0, 0.1) is 0 Å². The van der Waals surface area contributed by atoms with Crippen LogP contribution in [0.4, 0.5) is 0 Å². The second-order valence-corrected chi connectivity index (χ2v) is 2.68. The molecule has 52 valence electrons. The van der Waals surface area contributed by atoms with Crippen LogP contribution in [-0.4, -0.2) is 12.8 Å². The van der Waals surface area contributed by atoms with Crippen molar-refractivity contribution < 1.29 is 40.1 Å². The average Bonchev–Trinajstić information content (AvgIpc) is 1.85. The minimum absolute atomic E-state index is 0. The first-order valence-electron chi connectivity index (χ1n) is 2.60. The molecule has 0 saturated carbocycles. The molecule has 0 aromatic rings. The summed E-state index contributed by atoms with van der Waals surface area (Å²) in [5.74, 6) is 0. The first-order chi connectivity index (χ1) is 4.31. The summed E-state index contributed by atoms with van der Waals surface area (Å²) in [5, 5.41) is 0. The van der Waals surface area contributed by atoms with Gasteiger partial charge >= 0.3 is 37.6 Å². The second-order valence-electron chi connectivity index (χ2n) is 1.39. The van der Waals surface area contributed by atoms with Gasteiger partial charge in [-0.2, -0.15) is 0 Å². The van der Waals surface area contributed by atoms with E-state index in [9.17, 15) is 4.57 Å². The molecule has 10 heavy (non-hydrogen) atoms. The van der Waals surface area contributed by atoms with E-state index in [1.807, 2.05) is 0 Å². The monoisotopic (exact) mass is 169 g/mol. The van der Waals surface area contributed by atoms with E-state index >= 15 is 0 Å². The van der Waals surface area contributed by atoms with Crippen molar-refractivity contribution in [3.05, 3.63) is 25.3 Å². The molecule has 0 aliphatic heterocycles. The fourth-order valence-electron chi connectivity index (χ4n) is 0.294. The van der Waals surface area contributed by atoms with Crippen molar-refractivity contribution in [1.82, 2.24) is 0 Å². The van der Waals surface area contributed by atoms with Crippen molar-refractivity contribution >= 4 is 8.03 Å². The van der Waals surface area contributed by atoms with E-state index in [-0.39, 0.29) is 31.0 Å². The molecule has 0 rings (SSSR count). The van der Waals surface area contributed by atoms with Gasteiger partial charge in [0.05, 0.1) is 0 Å². The summed E-state index contributed by atoms with van der Waals surface area (Å²) in [6, 6.07) is 0. The molecule has 0 aliphatic rings. The minimum atomic E-state index is -1.53. The van der Waals surface area contributed by atoms with Crippen molar-refractivity contribution in [2.24, 2.45) is 0 Å². The second kappa shape index (κ2) is 9.54. The predicted molar refractivity (Wildman–Crippen MR) is 39.9 cm³/mol. The topological polar surface area (TPSA) is 26.3 Å². The Labute approximate surface area is 86.0 Å². The van der Waals surface area contributed by atoms with Gasteiger partial charge in [-0.3, -0.25) is 0 Å². The molecule has 0 aliphatic carbocycles. The maximum atomic E-state index is 10.6. The Morgan fingerprint density at radius 1 is 1.50 bits per heavy atom. The third kappa shape index (κ3) is 8.54. The maximum absolute atomic E-state index is 10.6. The van der Waals surface area contributed by atoms with Gasteiger partial charge in [-0.15, -0.1) is 11.1 Å². The molecule has 0 radical (unpaired) electrons. The Bertz CT molecular complexity index is 130. The molecule has 0 aromatic carbocycles. The fourth-order valence-corrected chi connectivity index (χ4v) is 0.882. The van der Waals surface area contributed by atoms with Gasteiger partial charge in [0.15, 0.2) is 6.16 Å². The smallest absolute Gasteiger partial charge is 1.00 e. The van der Waals surface area contributed by atoms with Gasteiger partial charge in [0, 0.05) is 0 Å². The van der Waals surface area contributed by atoms with Gasteiger partial charge in [-0.25, -0.2) is 0 Å². The first-order valence-corrected chi connectivity index (χ1v) is 3.97. The molecule has 0 fully saturated rings. The van der Waals surface area contributed by atoms with Crippen molar-refractivity contribution in [3.8, 4) is 0 Å². The molecule has 0 heterocycles. The molecule has 0 saturated heterocycles. The van der Waals surface area contributed by atoms with E-state index in [0.29, 0.717) is 12.8 Å². The van der Waals surface area contributed by atoms with E-state index in [1.54, 1.807) is 12.2 Å². The van der Waals surface area contributed by atoms with Crippen LogP contribution in [0.25, 0.3) is 0 Å². The van der Waals surface area contributed by atoms with Crippen LogP contribution in [0.3, 0.4) is 0 Å². The largest absolute Gasteiger partial charge is 1.00 e. The van der Waals surface area contributed by atoms with Crippen molar-refractivity contribution in [3.63, 3.8) is 0 Å². The van der Waals surface area contributed by atoms with Crippen LogP contribution in [0.5, 0.6) is 0 Å². The Morgan fingerprint density at radius 3 is 2.50 bits per heavy atom. The zero-order chi connectivity index (χ0) is 7.11. The first kappa shape index (κ1) is 13.2. The van der Waals surface area contributed by atoms with Gasteiger partial charge in [0.2, 0.25) is 0 Å². The molecule has 1 unspecified atom stereocenters. The third-order valence-electron chi connectivity index (χ3n) is 0.615. The minimum Gasteiger partial charge on any atom is -1.00 e. The van der Waals surface area contributed by atoms with Crippen LogP contribution >= 0.6 is 8.03 Å². The Kier molecular flexibility index (Phi) is 12.5. The van der Waals surface area contributed by atoms with E-state index in [1.165, 1.54) is 0 Å². The predicted octanol–water partition coefficient (Wildman–Crippen LogP) is -0.766. The van der Waals surface area contributed by atoms with E-state index < -0.39 is 8.03 Å². The van der Waals surface area contributed by atoms with Gasteiger partial charge < -0.3 is 1.43 Å². The molecule has 0 spiro atoms. The summed E-state index contributed by atoms with van der Waals surface area (Å²) in [6.45, 7) is 7.18. The number of hydrogen-bond donors (Lipinski definition) is 0. The summed E-state index contributed by atoms with van der Waals surface area (Å²) in [7, 11) is -1.53. The summed E-state index contributed by atoms with van der Waals surface area (Å²) >= 11 is 0. The molecule has 0 bridgehead atoms. The van der Waals surface area contributed by atoms with Crippen LogP contribution in [0.1, 0.15) is 1.43 Å². The number of hydrogen-bond acceptors (Lipinski definition) is 2. The Hall–Kier alpha value is 0.540. The zero-order valence-corrected chi connectivity index (χ0v) is 9.14. The molecule has 4 heteroatoms. The van der Waals surface area contributed by atoms with Crippen molar-refractivity contribution in [1.29, 1.82) is 0 Å². The molecule has 2 nitrogen and oxygen atoms in total. The Balaban J connectivity index is -0.000000320. The van der Waals surface area contributed by atoms with Gasteiger partial charge in [-0.05, 0) is 10.6 Å². The summed E-state index contributed by atoms with van der Waals surface area (Å²) in [5.41, 5.74) is 0. The maximum Gasteiger partial charge on any atom is 1.00 e. The van der Waals surface area contributed by atoms with Crippen LogP contribution in [0.15, 0.2) is 25.3 Å². The van der Waals surface area contributed by atoms with Crippen LogP contribution < -0.4 is 29.6 Å². The van der Waals surface area contributed by atoms with Crippen LogP contribution in [-0.2, 0) is 9.09 Å². The van der Waals surface area contributed by atoms with Gasteiger partial charge in [-0.1, -0.05) is 12.7 Å². The Morgan fingerprint density at radius 2 is 2.10 bits per heavy atom. The van der Waals surface area contributed by atoms with Crippen molar-refractivity contribution in [2.75, 3.05) is 12.8 Å². The van der Waals surface area contributed by atoms with E-state index in [2.05, 4.69) is 13.2 Å². The van der Waals surface area contributed by atoms with Gasteiger partial charge in [0.25, 0.3) is 0 Å². The normalized spacial score (nSPS) is 9.40. The molecular weight excluding hydrogens is 158 g/mol. The number of allylic oxidation sites excluding steroid dienone is 1. The quantitative estimate of drug-likeness (QED) is 0.307. The van der Waals surface area contributed by atoms with Gasteiger partial charge in [0.1, 0.15) is 6.61 Å². The molecule has 1 atom stereocenters. The molecule has 0 amide bonds. The summed E-state index contributed by atoms with van der Waals surface area (Å²) < 4.78 is 15.4. The van der Waals surface area contributed by atoms with E-state index in [0.717, 1.165) is 0 Å². The van der Waals surface area contributed by atoms with Crippen LogP contribution in [0.2, 0.25) is 0 Å². The molecular formula is C6H11NaO2P+. The fraction of sp³-hybridized carbons (Fsp3) is 0.333. The summed E-state index contributed by atoms with van der Waals surface area (Å²) in [4.78, 5) is 0. The summed E-state index contributed by atoms with van der Waals surface area (Å²) in [6.07, 6.45) is 3.56. The molecule has 0 aromatic heterocycles. The third-order valence-corrected chi connectivity index (χ3v) is 1.61.